The predicted molar refractivity (Wildman–Crippen MR) is 109 cm³/mol. The normalized spacial score (nSPS) is 17.4. The van der Waals surface area contributed by atoms with E-state index in [4.69, 9.17) is 0 Å². The fourth-order valence-corrected chi connectivity index (χ4v) is 4.42. The van der Waals surface area contributed by atoms with Crippen molar-refractivity contribution in [3.05, 3.63) is 59.0 Å². The Hall–Kier alpha value is -2.27. The van der Waals surface area contributed by atoms with E-state index in [1.807, 2.05) is 32.2 Å². The van der Waals surface area contributed by atoms with Crippen LogP contribution < -0.4 is 0 Å². The van der Waals surface area contributed by atoms with Crippen molar-refractivity contribution < 1.29 is 15.0 Å². The number of nitrogens with zero attached hydrogens (tertiary/aromatic N) is 1. The minimum absolute atomic E-state index is 0.0115. The van der Waals surface area contributed by atoms with Gasteiger partial charge in [0.05, 0.1) is 10.6 Å². The smallest absolute Gasteiger partial charge is 0.167 e. The number of aryl methyl sites for hydroxylation is 2. The van der Waals surface area contributed by atoms with E-state index >= 15 is 0 Å². The number of hydrogen-bond donors (Lipinski definition) is 2. The highest BCUT2D eigenvalue weighted by Gasteiger charge is 2.29. The number of aliphatic hydroxyl groups excluding tert-OH is 1. The van der Waals surface area contributed by atoms with Crippen LogP contribution in [-0.4, -0.2) is 26.7 Å². The average Bonchev–Trinajstić information content (AvgIpc) is 2.64. The molecule has 142 valence electrons. The van der Waals surface area contributed by atoms with Gasteiger partial charge in [0.1, 0.15) is 11.5 Å². The second-order valence-electron chi connectivity index (χ2n) is 7.03. The van der Waals surface area contributed by atoms with E-state index in [1.165, 1.54) is 0 Å². The summed E-state index contributed by atoms with van der Waals surface area (Å²) in [7, 11) is 0. The number of ketones is 1. The van der Waals surface area contributed by atoms with Gasteiger partial charge in [-0.25, -0.2) is 4.98 Å². The molecule has 27 heavy (non-hydrogen) atoms. The molecule has 2 aromatic rings. The van der Waals surface area contributed by atoms with Gasteiger partial charge in [-0.3, -0.25) is 4.79 Å². The molecule has 0 bridgehead atoms. The molecule has 1 unspecified atom stereocenters. The maximum atomic E-state index is 12.7. The van der Waals surface area contributed by atoms with Crippen molar-refractivity contribution in [2.45, 2.75) is 44.6 Å². The minimum atomic E-state index is -0.0115. The number of aliphatic hydroxyl groups is 1. The van der Waals surface area contributed by atoms with Crippen LogP contribution in [0.15, 0.2) is 47.3 Å². The van der Waals surface area contributed by atoms with E-state index in [2.05, 4.69) is 4.98 Å². The molecule has 1 aromatic heterocycles. The summed E-state index contributed by atoms with van der Waals surface area (Å²) in [6.07, 6.45) is 4.38. The average molecular weight is 384 g/mol. The third-order valence-electron chi connectivity index (χ3n) is 4.92. The quantitative estimate of drug-likeness (QED) is 0.680. The van der Waals surface area contributed by atoms with Crippen molar-refractivity contribution in [2.75, 3.05) is 5.75 Å². The maximum Gasteiger partial charge on any atom is 0.167 e. The van der Waals surface area contributed by atoms with Gasteiger partial charge in [-0.2, -0.15) is 0 Å². The molecular formula is C22H25NO3S. The molecule has 3 rings (SSSR count). The van der Waals surface area contributed by atoms with Crippen molar-refractivity contribution in [2.24, 2.45) is 5.92 Å². The SMILES string of the molecule is CCc1cc(O)ccc1C1=C(O)CC(CCSc2ccc(C)cn2)CC1=O. The number of Topliss-reactive ketones (excluding diaryl/α,β-unsaturated/α-hetero) is 1. The summed E-state index contributed by atoms with van der Waals surface area (Å²) >= 11 is 1.68. The number of allylic oxidation sites excluding steroid dienone is 2. The fourth-order valence-electron chi connectivity index (χ4n) is 3.47. The number of carbonyl (C=O) groups is 1. The summed E-state index contributed by atoms with van der Waals surface area (Å²) in [6.45, 7) is 3.99. The van der Waals surface area contributed by atoms with Crippen LogP contribution in [-0.2, 0) is 11.2 Å². The number of benzene rings is 1. The molecule has 0 radical (unpaired) electrons. The van der Waals surface area contributed by atoms with Gasteiger partial charge in [-0.05, 0) is 66.3 Å². The lowest BCUT2D eigenvalue weighted by molar-refractivity contribution is -0.115. The number of carbonyl (C=O) groups excluding carboxylic acids is 1. The third kappa shape index (κ3) is 4.72. The van der Waals surface area contributed by atoms with Crippen LogP contribution >= 0.6 is 11.8 Å². The van der Waals surface area contributed by atoms with E-state index in [9.17, 15) is 15.0 Å². The van der Waals surface area contributed by atoms with Gasteiger partial charge in [0.15, 0.2) is 5.78 Å². The second kappa shape index (κ2) is 8.61. The Morgan fingerprint density at radius 1 is 1.19 bits per heavy atom. The predicted octanol–water partition coefficient (Wildman–Crippen LogP) is 5.09. The molecule has 1 heterocycles. The third-order valence-corrected chi connectivity index (χ3v) is 5.90. The van der Waals surface area contributed by atoms with Crippen molar-refractivity contribution in [3.8, 4) is 5.75 Å². The molecule has 1 aliphatic carbocycles. The summed E-state index contributed by atoms with van der Waals surface area (Å²) in [6, 6.07) is 9.03. The van der Waals surface area contributed by atoms with Crippen molar-refractivity contribution in [1.82, 2.24) is 4.98 Å². The molecule has 0 aliphatic heterocycles. The highest BCUT2D eigenvalue weighted by atomic mass is 32.2. The summed E-state index contributed by atoms with van der Waals surface area (Å²) < 4.78 is 0. The summed E-state index contributed by atoms with van der Waals surface area (Å²) in [4.78, 5) is 17.1. The molecule has 1 atom stereocenters. The standard InChI is InChI=1S/C22H25NO3S/c1-3-16-12-17(24)5-6-18(16)22-19(25)10-15(11-20(22)26)8-9-27-21-7-4-14(2)13-23-21/h4-7,12-13,15,24-25H,3,8-11H2,1-2H3. The molecule has 5 heteroatoms. The number of aromatic hydroxyl groups is 1. The van der Waals surface area contributed by atoms with Gasteiger partial charge < -0.3 is 10.2 Å². The number of aromatic nitrogens is 1. The molecule has 0 fully saturated rings. The van der Waals surface area contributed by atoms with E-state index < -0.39 is 0 Å². The van der Waals surface area contributed by atoms with Gasteiger partial charge >= 0.3 is 0 Å². The van der Waals surface area contributed by atoms with Gasteiger partial charge in [0, 0.05) is 19.0 Å². The lowest BCUT2D eigenvalue weighted by Gasteiger charge is -2.24. The van der Waals surface area contributed by atoms with Gasteiger partial charge in [0.2, 0.25) is 0 Å². The van der Waals surface area contributed by atoms with Crippen LogP contribution in [0.3, 0.4) is 0 Å². The fraction of sp³-hybridized carbons (Fsp3) is 0.364. The highest BCUT2D eigenvalue weighted by Crippen LogP contribution is 2.36. The largest absolute Gasteiger partial charge is 0.512 e. The van der Waals surface area contributed by atoms with Crippen LogP contribution in [0, 0.1) is 12.8 Å². The molecule has 2 N–H and O–H groups in total. The van der Waals surface area contributed by atoms with Crippen LogP contribution in [0.1, 0.15) is 42.9 Å². The highest BCUT2D eigenvalue weighted by molar-refractivity contribution is 7.99. The van der Waals surface area contributed by atoms with E-state index in [0.717, 1.165) is 33.9 Å². The number of hydrogen-bond acceptors (Lipinski definition) is 5. The number of pyridine rings is 1. The molecule has 4 nitrogen and oxygen atoms in total. The zero-order chi connectivity index (χ0) is 19.4. The Morgan fingerprint density at radius 3 is 2.67 bits per heavy atom. The number of rotatable bonds is 6. The first-order valence-corrected chi connectivity index (χ1v) is 10.3. The first-order chi connectivity index (χ1) is 13.0. The zero-order valence-electron chi connectivity index (χ0n) is 15.7. The number of thioether (sulfide) groups is 1. The molecule has 0 saturated heterocycles. The van der Waals surface area contributed by atoms with Crippen LogP contribution in [0.25, 0.3) is 5.57 Å². The molecule has 1 aliphatic rings. The van der Waals surface area contributed by atoms with Crippen molar-refractivity contribution in [3.63, 3.8) is 0 Å². The summed E-state index contributed by atoms with van der Waals surface area (Å²) in [5.41, 5.74) is 3.19. The number of phenols is 1. The first-order valence-electron chi connectivity index (χ1n) is 9.31. The topological polar surface area (TPSA) is 70.4 Å². The Balaban J connectivity index is 1.67. The first kappa shape index (κ1) is 19.5. The lowest BCUT2D eigenvalue weighted by Crippen LogP contribution is -2.20. The minimum Gasteiger partial charge on any atom is -0.512 e. The van der Waals surface area contributed by atoms with Crippen molar-refractivity contribution in [1.29, 1.82) is 0 Å². The van der Waals surface area contributed by atoms with Crippen LogP contribution in [0.2, 0.25) is 0 Å². The molecule has 0 amide bonds. The zero-order valence-corrected chi connectivity index (χ0v) is 16.6. The molecule has 1 aromatic carbocycles. The van der Waals surface area contributed by atoms with Gasteiger partial charge in [0.25, 0.3) is 0 Å². The van der Waals surface area contributed by atoms with E-state index in [-0.39, 0.29) is 23.2 Å². The summed E-state index contributed by atoms with van der Waals surface area (Å²) in [5, 5.41) is 21.2. The van der Waals surface area contributed by atoms with Crippen molar-refractivity contribution >= 4 is 23.1 Å². The van der Waals surface area contributed by atoms with Gasteiger partial charge in [-0.1, -0.05) is 19.1 Å². The maximum absolute atomic E-state index is 12.7. The molecular weight excluding hydrogens is 358 g/mol. The van der Waals surface area contributed by atoms with Crippen LogP contribution in [0.5, 0.6) is 5.75 Å². The monoisotopic (exact) mass is 383 g/mol. The Morgan fingerprint density at radius 2 is 2.00 bits per heavy atom. The molecule has 0 spiro atoms. The van der Waals surface area contributed by atoms with Crippen LogP contribution in [0.4, 0.5) is 0 Å². The van der Waals surface area contributed by atoms with E-state index in [0.29, 0.717) is 24.8 Å². The Kier molecular flexibility index (Phi) is 6.22. The van der Waals surface area contributed by atoms with E-state index in [1.54, 1.807) is 30.0 Å². The second-order valence-corrected chi connectivity index (χ2v) is 8.14. The number of phenolic OH excluding ortho intramolecular Hbond substituents is 1. The Labute approximate surface area is 164 Å². The molecule has 0 saturated carbocycles. The lowest BCUT2D eigenvalue weighted by atomic mass is 9.81. The Bertz CT molecular complexity index is 858. The summed E-state index contributed by atoms with van der Waals surface area (Å²) in [5.74, 6) is 1.37. The van der Waals surface area contributed by atoms with Gasteiger partial charge in [-0.15, -0.1) is 11.8 Å².